The highest BCUT2D eigenvalue weighted by atomic mass is 32.1. The van der Waals surface area contributed by atoms with Crippen LogP contribution in [0.1, 0.15) is 26.8 Å². The Morgan fingerprint density at radius 2 is 2.10 bits per heavy atom. The second kappa shape index (κ2) is 6.80. The lowest BCUT2D eigenvalue weighted by atomic mass is 10.2. The Hall–Kier alpha value is -2.48. The van der Waals surface area contributed by atoms with Crippen LogP contribution in [-0.4, -0.2) is 27.1 Å². The van der Waals surface area contributed by atoms with Crippen molar-refractivity contribution in [1.29, 1.82) is 0 Å². The topological polar surface area (TPSA) is 104 Å². The van der Waals surface area contributed by atoms with E-state index in [-0.39, 0.29) is 18.1 Å². The molecule has 0 saturated carbocycles. The smallest absolute Gasteiger partial charge is 0.335 e. The summed E-state index contributed by atoms with van der Waals surface area (Å²) in [7, 11) is 0. The van der Waals surface area contributed by atoms with Crippen molar-refractivity contribution in [3.05, 3.63) is 45.7 Å². The Labute approximate surface area is 125 Å². The summed E-state index contributed by atoms with van der Waals surface area (Å²) in [6.45, 7) is 2.40. The molecule has 110 valence electrons. The van der Waals surface area contributed by atoms with E-state index in [1.54, 1.807) is 0 Å². The van der Waals surface area contributed by atoms with Gasteiger partial charge in [-0.3, -0.25) is 4.98 Å². The van der Waals surface area contributed by atoms with Crippen LogP contribution in [0, 0.1) is 6.92 Å². The van der Waals surface area contributed by atoms with E-state index in [2.05, 4.69) is 20.6 Å². The van der Waals surface area contributed by atoms with Crippen LogP contribution in [-0.2, 0) is 13.1 Å². The molecule has 0 atom stereocenters. The normalized spacial score (nSPS) is 10.1. The van der Waals surface area contributed by atoms with Gasteiger partial charge in [-0.2, -0.15) is 0 Å². The van der Waals surface area contributed by atoms with Crippen molar-refractivity contribution < 1.29 is 14.7 Å². The minimum atomic E-state index is -1.03. The highest BCUT2D eigenvalue weighted by Crippen LogP contribution is 2.07. The Morgan fingerprint density at radius 1 is 1.33 bits per heavy atom. The van der Waals surface area contributed by atoms with E-state index in [0.29, 0.717) is 12.2 Å². The van der Waals surface area contributed by atoms with Gasteiger partial charge in [0.2, 0.25) is 0 Å². The second-order valence-corrected chi connectivity index (χ2v) is 5.20. The average molecular weight is 306 g/mol. The predicted molar refractivity (Wildman–Crippen MR) is 77.1 cm³/mol. The van der Waals surface area contributed by atoms with Crippen molar-refractivity contribution in [3.63, 3.8) is 0 Å². The van der Waals surface area contributed by atoms with E-state index in [0.717, 1.165) is 10.7 Å². The quantitative estimate of drug-likeness (QED) is 0.777. The number of nitrogens with one attached hydrogen (secondary N) is 2. The summed E-state index contributed by atoms with van der Waals surface area (Å²) >= 11 is 1.48. The van der Waals surface area contributed by atoms with Crippen LogP contribution in [0.5, 0.6) is 0 Å². The number of carboxylic acid groups (broad SMARTS) is 1. The molecule has 2 rings (SSSR count). The molecular formula is C13H14N4O3S. The van der Waals surface area contributed by atoms with E-state index >= 15 is 0 Å². The minimum Gasteiger partial charge on any atom is -0.478 e. The molecule has 3 N–H and O–H groups in total. The van der Waals surface area contributed by atoms with Gasteiger partial charge in [-0.05, 0) is 19.1 Å². The molecule has 0 aliphatic carbocycles. The van der Waals surface area contributed by atoms with Crippen molar-refractivity contribution in [2.75, 3.05) is 0 Å². The number of carboxylic acids is 1. The first-order valence-electron chi connectivity index (χ1n) is 6.15. The van der Waals surface area contributed by atoms with Crippen LogP contribution in [0.15, 0.2) is 23.7 Å². The maximum absolute atomic E-state index is 11.6. The maximum Gasteiger partial charge on any atom is 0.335 e. The lowest BCUT2D eigenvalue weighted by molar-refractivity contribution is 0.0696. The lowest BCUT2D eigenvalue weighted by Crippen LogP contribution is -2.34. The molecule has 7 nitrogen and oxygen atoms in total. The lowest BCUT2D eigenvalue weighted by Gasteiger charge is -2.06. The van der Waals surface area contributed by atoms with Crippen LogP contribution in [0.3, 0.4) is 0 Å². The van der Waals surface area contributed by atoms with Gasteiger partial charge in [-0.25, -0.2) is 14.6 Å². The Balaban J connectivity index is 1.81. The summed E-state index contributed by atoms with van der Waals surface area (Å²) in [5.74, 6) is -1.03. The van der Waals surface area contributed by atoms with Crippen LogP contribution in [0.25, 0.3) is 0 Å². The molecule has 0 unspecified atom stereocenters. The van der Waals surface area contributed by atoms with Gasteiger partial charge in [0.25, 0.3) is 0 Å². The van der Waals surface area contributed by atoms with Crippen molar-refractivity contribution >= 4 is 23.3 Å². The number of carbonyl (C=O) groups excluding carboxylic acids is 1. The first-order valence-corrected chi connectivity index (χ1v) is 7.03. The van der Waals surface area contributed by atoms with Gasteiger partial charge in [0.1, 0.15) is 5.01 Å². The summed E-state index contributed by atoms with van der Waals surface area (Å²) in [5.41, 5.74) is 1.54. The largest absolute Gasteiger partial charge is 0.478 e. The predicted octanol–water partition coefficient (Wildman–Crippen LogP) is 1.54. The molecule has 2 heterocycles. The zero-order valence-electron chi connectivity index (χ0n) is 11.3. The summed E-state index contributed by atoms with van der Waals surface area (Å²) in [4.78, 5) is 30.7. The third kappa shape index (κ3) is 4.53. The number of thiazole rings is 1. The van der Waals surface area contributed by atoms with Crippen molar-refractivity contribution in [2.45, 2.75) is 20.0 Å². The van der Waals surface area contributed by atoms with E-state index in [1.165, 1.54) is 29.7 Å². The van der Waals surface area contributed by atoms with Gasteiger partial charge in [0.05, 0.1) is 24.3 Å². The zero-order chi connectivity index (χ0) is 15.2. The van der Waals surface area contributed by atoms with Gasteiger partial charge in [-0.15, -0.1) is 11.3 Å². The first kappa shape index (κ1) is 14.9. The summed E-state index contributed by atoms with van der Waals surface area (Å²) in [6, 6.07) is 2.47. The third-order valence-electron chi connectivity index (χ3n) is 2.56. The van der Waals surface area contributed by atoms with E-state index in [1.807, 2.05) is 12.3 Å². The zero-order valence-corrected chi connectivity index (χ0v) is 12.1. The fourth-order valence-corrected chi connectivity index (χ4v) is 2.29. The molecule has 8 heteroatoms. The molecule has 2 aromatic rings. The Kier molecular flexibility index (Phi) is 4.83. The molecule has 0 radical (unpaired) electrons. The molecule has 0 aromatic carbocycles. The van der Waals surface area contributed by atoms with Gasteiger partial charge >= 0.3 is 12.0 Å². The standard InChI is InChI=1S/C13H14N4O3S/c1-8-7-21-11(17-8)6-16-13(20)15-5-10-4-9(12(18)19)2-3-14-10/h2-4,7H,5-6H2,1H3,(H,18,19)(H2,15,16,20). The molecule has 0 spiro atoms. The monoisotopic (exact) mass is 306 g/mol. The Morgan fingerprint density at radius 3 is 2.76 bits per heavy atom. The number of nitrogens with zero attached hydrogens (tertiary/aromatic N) is 2. The number of pyridine rings is 1. The number of aromatic nitrogens is 2. The van der Waals surface area contributed by atoms with Crippen LogP contribution >= 0.6 is 11.3 Å². The molecule has 0 saturated heterocycles. The van der Waals surface area contributed by atoms with E-state index < -0.39 is 5.97 Å². The summed E-state index contributed by atoms with van der Waals surface area (Å²) in [5, 5.41) is 16.9. The number of hydrogen-bond acceptors (Lipinski definition) is 5. The maximum atomic E-state index is 11.6. The van der Waals surface area contributed by atoms with Crippen LogP contribution in [0.4, 0.5) is 4.79 Å². The van der Waals surface area contributed by atoms with Gasteiger partial charge in [0, 0.05) is 17.3 Å². The molecule has 0 bridgehead atoms. The summed E-state index contributed by atoms with van der Waals surface area (Å²) in [6.07, 6.45) is 1.40. The highest BCUT2D eigenvalue weighted by molar-refractivity contribution is 7.09. The van der Waals surface area contributed by atoms with E-state index in [4.69, 9.17) is 5.11 Å². The van der Waals surface area contributed by atoms with Crippen LogP contribution < -0.4 is 10.6 Å². The first-order chi connectivity index (χ1) is 10.0. The number of aryl methyl sites for hydroxylation is 1. The Bertz CT molecular complexity index is 656. The number of carbonyl (C=O) groups is 2. The fraction of sp³-hybridized carbons (Fsp3) is 0.231. The van der Waals surface area contributed by atoms with Crippen molar-refractivity contribution in [3.8, 4) is 0 Å². The molecular weight excluding hydrogens is 292 g/mol. The number of rotatable bonds is 5. The highest BCUT2D eigenvalue weighted by Gasteiger charge is 2.06. The number of amides is 2. The SMILES string of the molecule is Cc1csc(CNC(=O)NCc2cc(C(=O)O)ccn2)n1. The molecule has 21 heavy (non-hydrogen) atoms. The van der Waals surface area contributed by atoms with E-state index in [9.17, 15) is 9.59 Å². The second-order valence-electron chi connectivity index (χ2n) is 4.26. The molecule has 0 aliphatic heterocycles. The molecule has 2 amide bonds. The van der Waals surface area contributed by atoms with Crippen molar-refractivity contribution in [1.82, 2.24) is 20.6 Å². The minimum absolute atomic E-state index is 0.139. The number of aromatic carboxylic acids is 1. The molecule has 0 fully saturated rings. The third-order valence-corrected chi connectivity index (χ3v) is 3.53. The van der Waals surface area contributed by atoms with Gasteiger partial charge in [0.15, 0.2) is 0 Å². The molecule has 0 aliphatic rings. The number of urea groups is 1. The van der Waals surface area contributed by atoms with Crippen molar-refractivity contribution in [2.24, 2.45) is 0 Å². The van der Waals surface area contributed by atoms with Gasteiger partial charge in [-0.1, -0.05) is 0 Å². The fourth-order valence-electron chi connectivity index (χ4n) is 1.58. The molecule has 2 aromatic heterocycles. The van der Waals surface area contributed by atoms with Crippen LogP contribution in [0.2, 0.25) is 0 Å². The summed E-state index contributed by atoms with van der Waals surface area (Å²) < 4.78 is 0. The van der Waals surface area contributed by atoms with Gasteiger partial charge < -0.3 is 15.7 Å². The average Bonchev–Trinajstić information content (AvgIpc) is 2.89. The number of hydrogen-bond donors (Lipinski definition) is 3.